The van der Waals surface area contributed by atoms with E-state index in [9.17, 15) is 4.79 Å². The maximum atomic E-state index is 11.5. The fourth-order valence-corrected chi connectivity index (χ4v) is 4.78. The molecule has 170 valence electrons. The first-order chi connectivity index (χ1) is 16.6. The minimum Gasteiger partial charge on any atom is -0.496 e. The van der Waals surface area contributed by atoms with Crippen molar-refractivity contribution < 1.29 is 9.53 Å². The van der Waals surface area contributed by atoms with Crippen LogP contribution in [0, 0.1) is 0 Å². The van der Waals surface area contributed by atoms with Gasteiger partial charge in [-0.15, -0.1) is 10.2 Å². The van der Waals surface area contributed by atoms with Gasteiger partial charge in [-0.1, -0.05) is 24.3 Å². The molecule has 2 aromatic carbocycles. The van der Waals surface area contributed by atoms with Crippen molar-refractivity contribution in [2.75, 3.05) is 12.0 Å². The van der Waals surface area contributed by atoms with Crippen molar-refractivity contribution in [3.05, 3.63) is 77.2 Å². The molecule has 1 saturated carbocycles. The number of benzene rings is 2. The largest absolute Gasteiger partial charge is 0.496 e. The van der Waals surface area contributed by atoms with Crippen LogP contribution in [0.1, 0.15) is 45.9 Å². The van der Waals surface area contributed by atoms with Crippen molar-refractivity contribution in [1.29, 1.82) is 0 Å². The van der Waals surface area contributed by atoms with Crippen LogP contribution in [0.2, 0.25) is 0 Å². The second kappa shape index (κ2) is 8.09. The summed E-state index contributed by atoms with van der Waals surface area (Å²) in [6.07, 6.45) is 4.94. The Morgan fingerprint density at radius 1 is 1.03 bits per heavy atom. The van der Waals surface area contributed by atoms with Crippen LogP contribution < -0.4 is 9.64 Å². The minimum atomic E-state index is 0.521. The predicted molar refractivity (Wildman–Crippen MR) is 130 cm³/mol. The van der Waals surface area contributed by atoms with E-state index in [1.165, 1.54) is 18.4 Å². The van der Waals surface area contributed by atoms with Gasteiger partial charge in [0.15, 0.2) is 12.1 Å². The monoisotopic (exact) mass is 451 g/mol. The molecule has 1 aliphatic heterocycles. The smallest absolute Gasteiger partial charge is 0.164 e. The molecule has 0 spiro atoms. The quantitative estimate of drug-likeness (QED) is 0.394. The molecule has 34 heavy (non-hydrogen) atoms. The molecule has 2 aromatic heterocycles. The van der Waals surface area contributed by atoms with E-state index in [0.717, 1.165) is 52.4 Å². The molecule has 0 atom stereocenters. The van der Waals surface area contributed by atoms with Crippen molar-refractivity contribution in [1.82, 2.24) is 19.7 Å². The third-order valence-electron chi connectivity index (χ3n) is 6.74. The molecule has 4 aromatic rings. The van der Waals surface area contributed by atoms with E-state index in [4.69, 9.17) is 9.72 Å². The number of aromatic nitrogens is 4. The molecule has 0 bridgehead atoms. The Balaban J connectivity index is 1.43. The first-order valence-corrected chi connectivity index (χ1v) is 11.5. The zero-order valence-electron chi connectivity index (χ0n) is 19.2. The molecule has 7 heteroatoms. The van der Waals surface area contributed by atoms with Gasteiger partial charge in [0.1, 0.15) is 17.9 Å². The Morgan fingerprint density at radius 2 is 1.79 bits per heavy atom. The summed E-state index contributed by atoms with van der Waals surface area (Å²) >= 11 is 0. The fourth-order valence-electron chi connectivity index (χ4n) is 4.78. The van der Waals surface area contributed by atoms with Crippen LogP contribution in [0.5, 0.6) is 5.75 Å². The Labute approximate surface area is 198 Å². The number of hydrogen-bond donors (Lipinski definition) is 0. The zero-order chi connectivity index (χ0) is 23.2. The zero-order valence-corrected chi connectivity index (χ0v) is 19.2. The van der Waals surface area contributed by atoms with E-state index in [1.54, 1.807) is 13.4 Å². The van der Waals surface area contributed by atoms with Gasteiger partial charge in [-0.25, -0.2) is 4.98 Å². The first kappa shape index (κ1) is 20.6. The third kappa shape index (κ3) is 3.53. The van der Waals surface area contributed by atoms with Crippen molar-refractivity contribution in [3.8, 4) is 28.3 Å². The van der Waals surface area contributed by atoms with E-state index in [-0.39, 0.29) is 0 Å². The highest BCUT2D eigenvalue weighted by molar-refractivity contribution is 5.83. The highest BCUT2D eigenvalue weighted by Crippen LogP contribution is 2.43. The molecule has 1 aliphatic carbocycles. The van der Waals surface area contributed by atoms with E-state index in [2.05, 4.69) is 45.4 Å². The number of nitrogens with zero attached hydrogens (tertiary/aromatic N) is 5. The number of carbonyl (C=O) groups excluding carboxylic acids is 1. The van der Waals surface area contributed by atoms with Gasteiger partial charge in [0.2, 0.25) is 0 Å². The normalized spacial score (nSPS) is 14.8. The number of ether oxygens (including phenoxy) is 1. The van der Waals surface area contributed by atoms with Crippen LogP contribution in [0.25, 0.3) is 22.5 Å². The van der Waals surface area contributed by atoms with E-state index >= 15 is 0 Å². The summed E-state index contributed by atoms with van der Waals surface area (Å²) in [6.45, 7) is 1.45. The molecule has 7 nitrogen and oxygen atoms in total. The number of rotatable bonds is 6. The number of carbonyl (C=O) groups is 1. The molecule has 0 radical (unpaired) electrons. The van der Waals surface area contributed by atoms with Gasteiger partial charge in [-0.05, 0) is 59.4 Å². The fraction of sp³-hybridized carbons (Fsp3) is 0.259. The van der Waals surface area contributed by atoms with Crippen molar-refractivity contribution in [3.63, 3.8) is 0 Å². The summed E-state index contributed by atoms with van der Waals surface area (Å²) in [6, 6.07) is 16.6. The van der Waals surface area contributed by atoms with Crippen LogP contribution in [0.3, 0.4) is 0 Å². The Kier molecular flexibility index (Phi) is 4.90. The van der Waals surface area contributed by atoms with Crippen molar-refractivity contribution >= 4 is 12.1 Å². The van der Waals surface area contributed by atoms with Crippen LogP contribution >= 0.6 is 0 Å². The molecule has 0 saturated heterocycles. The third-order valence-corrected chi connectivity index (χ3v) is 6.74. The summed E-state index contributed by atoms with van der Waals surface area (Å²) in [7, 11) is 3.56. The number of hydrogen-bond acceptors (Lipinski definition) is 6. The molecule has 0 unspecified atom stereocenters. The lowest BCUT2D eigenvalue weighted by Crippen LogP contribution is -2.16. The average molecular weight is 452 g/mol. The number of pyridine rings is 1. The molecule has 0 N–H and O–H groups in total. The van der Waals surface area contributed by atoms with Gasteiger partial charge >= 0.3 is 0 Å². The average Bonchev–Trinajstić information content (AvgIpc) is 3.51. The lowest BCUT2D eigenvalue weighted by atomic mass is 9.98. The summed E-state index contributed by atoms with van der Waals surface area (Å²) in [4.78, 5) is 18.9. The van der Waals surface area contributed by atoms with Crippen molar-refractivity contribution in [2.24, 2.45) is 7.05 Å². The summed E-state index contributed by atoms with van der Waals surface area (Å²) in [5, 5.41) is 8.43. The second-order valence-corrected chi connectivity index (χ2v) is 9.06. The maximum Gasteiger partial charge on any atom is 0.164 e. The molecule has 0 amide bonds. The van der Waals surface area contributed by atoms with Crippen LogP contribution in [0.4, 0.5) is 5.82 Å². The van der Waals surface area contributed by atoms with E-state index in [1.807, 2.05) is 29.8 Å². The number of methoxy groups -OCH3 is 1. The Hall–Kier alpha value is -4.00. The molecule has 2 aliphatic rings. The number of aldehydes is 1. The first-order valence-electron chi connectivity index (χ1n) is 11.5. The van der Waals surface area contributed by atoms with E-state index < -0.39 is 0 Å². The summed E-state index contributed by atoms with van der Waals surface area (Å²) in [5.74, 6) is 2.93. The van der Waals surface area contributed by atoms with Gasteiger partial charge in [-0.2, -0.15) is 0 Å². The lowest BCUT2D eigenvalue weighted by Gasteiger charge is -2.20. The lowest BCUT2D eigenvalue weighted by molar-refractivity contribution is 0.112. The molecule has 3 heterocycles. The van der Waals surface area contributed by atoms with Crippen LogP contribution in [-0.2, 0) is 20.1 Å². The maximum absolute atomic E-state index is 11.5. The van der Waals surface area contributed by atoms with Crippen LogP contribution in [-0.4, -0.2) is 33.1 Å². The topological polar surface area (TPSA) is 73.1 Å². The number of fused-ring (bicyclic) bond motifs is 1. The van der Waals surface area contributed by atoms with Gasteiger partial charge < -0.3 is 14.2 Å². The number of anilines is 1. The molecule has 1 fully saturated rings. The standard InChI is InChI=1S/C27H25N5O2/c1-31-16-28-30-27(31)23-6-4-3-5-22(23)18-10-24(17-7-8-17)29-26(12-18)32-13-19-9-21(15-33)25(34-2)11-20(19)14-32/h3-6,9-12,15-17H,7-8,13-14H2,1-2H3. The Bertz CT molecular complexity index is 1410. The SMILES string of the molecule is COc1cc2c(cc1C=O)CN(c1cc(-c3ccccc3-c3nncn3C)cc(C3CC3)n1)C2. The molecule has 6 rings (SSSR count). The predicted octanol–water partition coefficient (Wildman–Crippen LogP) is 4.76. The van der Waals surface area contributed by atoms with Crippen molar-refractivity contribution in [2.45, 2.75) is 31.8 Å². The summed E-state index contributed by atoms with van der Waals surface area (Å²) in [5.41, 5.74) is 7.33. The van der Waals surface area contributed by atoms with Gasteiger partial charge in [-0.3, -0.25) is 4.79 Å². The van der Waals surface area contributed by atoms with Gasteiger partial charge in [0.25, 0.3) is 0 Å². The van der Waals surface area contributed by atoms with Crippen LogP contribution in [0.15, 0.2) is 54.9 Å². The van der Waals surface area contributed by atoms with Gasteiger partial charge in [0.05, 0.1) is 12.7 Å². The summed E-state index contributed by atoms with van der Waals surface area (Å²) < 4.78 is 7.36. The van der Waals surface area contributed by atoms with E-state index in [0.29, 0.717) is 23.8 Å². The molecular weight excluding hydrogens is 426 g/mol. The highest BCUT2D eigenvalue weighted by Gasteiger charge is 2.29. The second-order valence-electron chi connectivity index (χ2n) is 9.06. The van der Waals surface area contributed by atoms with Gasteiger partial charge in [0, 0.05) is 37.3 Å². The molecular formula is C27H25N5O2. The highest BCUT2D eigenvalue weighted by atomic mass is 16.5. The minimum absolute atomic E-state index is 0.521. The number of aryl methyl sites for hydroxylation is 1. The Morgan fingerprint density at radius 3 is 2.47 bits per heavy atom.